The summed E-state index contributed by atoms with van der Waals surface area (Å²) in [5.74, 6) is 6.39. The molecule has 0 spiro atoms. The van der Waals surface area contributed by atoms with Crippen LogP contribution in [0.2, 0.25) is 0 Å². The molecule has 0 radical (unpaired) electrons. The summed E-state index contributed by atoms with van der Waals surface area (Å²) in [6.07, 6.45) is 0.308. The van der Waals surface area contributed by atoms with Crippen LogP contribution < -0.4 is 31.5 Å². The van der Waals surface area contributed by atoms with Gasteiger partial charge in [-0.1, -0.05) is 26.8 Å². The number of aryl methyl sites for hydroxylation is 1. The van der Waals surface area contributed by atoms with E-state index in [1.807, 2.05) is 27.7 Å². The molecule has 0 saturated carbocycles. The summed E-state index contributed by atoms with van der Waals surface area (Å²) in [7, 11) is 3.28. The Balaban J connectivity index is 1.90. The molecule has 1 amide bonds. The molecule has 0 fully saturated rings. The molecule has 0 aliphatic rings. The minimum Gasteiger partial charge on any atom is -0.495 e. The highest BCUT2D eigenvalue weighted by molar-refractivity contribution is 6.05. The molecule has 226 valence electrons. The number of nitrogens with two attached hydrogens (primary N) is 1. The highest BCUT2D eigenvalue weighted by atomic mass is 19.4. The van der Waals surface area contributed by atoms with Gasteiger partial charge in [0, 0.05) is 49.3 Å². The highest BCUT2D eigenvalue weighted by Gasteiger charge is 2.34. The Kier molecular flexibility index (Phi) is 10.2. The first kappa shape index (κ1) is 32.4. The lowest BCUT2D eigenvalue weighted by molar-refractivity contribution is -0.138. The lowest BCUT2D eigenvalue weighted by Crippen LogP contribution is -2.27. The standard InChI is InChI=1S/C31H39F3N6O2/c1-19-8-9-21(12-28(19)40(35)17-27(36-6)23-11-25(42-7)16-37-15-23)29(41)39-24-10-22(14-38-18-30(3,4)5)20(2)26(13-24)31(32,33)34/h8-13,15-17,36,38H,14,18,35H2,1-7H3,(H,39,41)/b27-17-. The van der Waals surface area contributed by atoms with E-state index in [-0.39, 0.29) is 28.8 Å². The summed E-state index contributed by atoms with van der Waals surface area (Å²) in [5, 5.41) is 10.3. The van der Waals surface area contributed by atoms with E-state index in [2.05, 4.69) is 20.9 Å². The Morgan fingerprint density at radius 1 is 1.07 bits per heavy atom. The number of carbonyl (C=O) groups is 1. The van der Waals surface area contributed by atoms with E-state index in [9.17, 15) is 18.0 Å². The third-order valence-corrected chi connectivity index (χ3v) is 6.60. The van der Waals surface area contributed by atoms with Gasteiger partial charge in [0.1, 0.15) is 5.75 Å². The van der Waals surface area contributed by atoms with Crippen molar-refractivity contribution in [1.82, 2.24) is 15.6 Å². The van der Waals surface area contributed by atoms with E-state index in [0.717, 1.165) is 17.2 Å². The average Bonchev–Trinajstić information content (AvgIpc) is 2.92. The highest BCUT2D eigenvalue weighted by Crippen LogP contribution is 2.35. The molecular weight excluding hydrogens is 545 g/mol. The average molecular weight is 585 g/mol. The van der Waals surface area contributed by atoms with Crippen molar-refractivity contribution in [2.45, 2.75) is 47.3 Å². The minimum absolute atomic E-state index is 0.0411. The molecule has 3 aromatic rings. The molecule has 0 saturated heterocycles. The van der Waals surface area contributed by atoms with Crippen LogP contribution in [0.3, 0.4) is 0 Å². The Hall–Kier alpha value is -4.09. The molecule has 0 bridgehead atoms. The second-order valence-corrected chi connectivity index (χ2v) is 11.2. The third kappa shape index (κ3) is 8.46. The quantitative estimate of drug-likeness (QED) is 0.171. The minimum atomic E-state index is -4.57. The molecule has 0 aliphatic heterocycles. The van der Waals surface area contributed by atoms with Crippen molar-refractivity contribution in [1.29, 1.82) is 0 Å². The van der Waals surface area contributed by atoms with Gasteiger partial charge in [0.05, 0.1) is 30.3 Å². The van der Waals surface area contributed by atoms with Gasteiger partial charge in [-0.3, -0.25) is 14.8 Å². The van der Waals surface area contributed by atoms with Crippen LogP contribution in [-0.2, 0) is 12.7 Å². The number of amides is 1. The molecular formula is C31H39F3N6O2. The zero-order chi connectivity index (χ0) is 31.2. The van der Waals surface area contributed by atoms with E-state index in [0.29, 0.717) is 29.2 Å². The number of pyridine rings is 1. The van der Waals surface area contributed by atoms with Crippen LogP contribution in [0.25, 0.3) is 5.70 Å². The summed E-state index contributed by atoms with van der Waals surface area (Å²) in [4.78, 5) is 17.4. The number of anilines is 2. The van der Waals surface area contributed by atoms with Crippen LogP contribution >= 0.6 is 0 Å². The third-order valence-electron chi connectivity index (χ3n) is 6.60. The monoisotopic (exact) mass is 584 g/mol. The molecule has 42 heavy (non-hydrogen) atoms. The Morgan fingerprint density at radius 2 is 1.79 bits per heavy atom. The van der Waals surface area contributed by atoms with E-state index in [1.54, 1.807) is 63.1 Å². The van der Waals surface area contributed by atoms with Crippen molar-refractivity contribution < 1.29 is 22.7 Å². The molecule has 1 heterocycles. The first-order valence-corrected chi connectivity index (χ1v) is 13.4. The van der Waals surface area contributed by atoms with E-state index < -0.39 is 17.6 Å². The van der Waals surface area contributed by atoms with Gasteiger partial charge in [0.2, 0.25) is 0 Å². The Bertz CT molecular complexity index is 1450. The summed E-state index contributed by atoms with van der Waals surface area (Å²) in [6, 6.07) is 9.25. The fourth-order valence-electron chi connectivity index (χ4n) is 4.30. The van der Waals surface area contributed by atoms with Crippen molar-refractivity contribution in [2.24, 2.45) is 11.3 Å². The summed E-state index contributed by atoms with van der Waals surface area (Å²) in [5.41, 5.74) is 2.72. The normalized spacial score (nSPS) is 12.2. The van der Waals surface area contributed by atoms with E-state index >= 15 is 0 Å². The van der Waals surface area contributed by atoms with E-state index in [4.69, 9.17) is 10.6 Å². The van der Waals surface area contributed by atoms with Gasteiger partial charge < -0.3 is 20.7 Å². The topological polar surface area (TPSA) is 105 Å². The van der Waals surface area contributed by atoms with Crippen LogP contribution in [0, 0.1) is 19.3 Å². The number of alkyl halides is 3. The second-order valence-electron chi connectivity index (χ2n) is 11.2. The van der Waals surface area contributed by atoms with Gasteiger partial charge in [-0.2, -0.15) is 13.2 Å². The number of hydrogen-bond acceptors (Lipinski definition) is 7. The largest absolute Gasteiger partial charge is 0.495 e. The van der Waals surface area contributed by atoms with Crippen molar-refractivity contribution in [3.8, 4) is 5.75 Å². The number of ether oxygens (including phenoxy) is 1. The molecule has 3 rings (SSSR count). The van der Waals surface area contributed by atoms with Gasteiger partial charge >= 0.3 is 6.18 Å². The number of nitrogens with zero attached hydrogens (tertiary/aromatic N) is 2. The lowest BCUT2D eigenvalue weighted by atomic mass is 9.96. The maximum Gasteiger partial charge on any atom is 0.416 e. The summed E-state index contributed by atoms with van der Waals surface area (Å²) < 4.78 is 46.9. The molecule has 8 nitrogen and oxygen atoms in total. The van der Waals surface area contributed by atoms with Crippen LogP contribution in [-0.4, -0.2) is 31.6 Å². The molecule has 5 N–H and O–H groups in total. The van der Waals surface area contributed by atoms with Crippen LogP contribution in [0.15, 0.2) is 55.0 Å². The van der Waals surface area contributed by atoms with Crippen molar-refractivity contribution in [3.63, 3.8) is 0 Å². The van der Waals surface area contributed by atoms with Crippen LogP contribution in [0.5, 0.6) is 5.75 Å². The van der Waals surface area contributed by atoms with E-state index in [1.165, 1.54) is 11.9 Å². The van der Waals surface area contributed by atoms with Crippen LogP contribution in [0.4, 0.5) is 24.5 Å². The molecule has 11 heteroatoms. The fourth-order valence-corrected chi connectivity index (χ4v) is 4.30. The molecule has 0 unspecified atom stereocenters. The first-order valence-electron chi connectivity index (χ1n) is 13.4. The lowest BCUT2D eigenvalue weighted by Gasteiger charge is -2.21. The molecule has 0 aliphatic carbocycles. The SMILES string of the molecule is CN/C(=C\N(N)c1cc(C(=O)Nc2cc(CNCC(C)(C)C)c(C)c(C(F)(F)F)c2)ccc1C)c1cncc(OC)c1. The van der Waals surface area contributed by atoms with Gasteiger partial charge in [-0.25, -0.2) is 5.84 Å². The van der Waals surface area contributed by atoms with Crippen LogP contribution in [0.1, 0.15) is 58.9 Å². The number of carbonyl (C=O) groups excluding carboxylic acids is 1. The fraction of sp³-hybridized carbons (Fsp3) is 0.355. The molecule has 1 aromatic heterocycles. The van der Waals surface area contributed by atoms with Gasteiger partial charge in [0.15, 0.2) is 0 Å². The van der Waals surface area contributed by atoms with Crippen molar-refractivity contribution in [3.05, 3.63) is 88.4 Å². The Morgan fingerprint density at radius 3 is 2.40 bits per heavy atom. The first-order chi connectivity index (χ1) is 19.6. The van der Waals surface area contributed by atoms with Crippen molar-refractivity contribution >= 4 is 23.0 Å². The zero-order valence-corrected chi connectivity index (χ0v) is 25.0. The number of methoxy groups -OCH3 is 1. The number of halogens is 3. The number of benzene rings is 2. The summed E-state index contributed by atoms with van der Waals surface area (Å²) >= 11 is 0. The summed E-state index contributed by atoms with van der Waals surface area (Å²) in [6.45, 7) is 10.2. The number of nitrogens with one attached hydrogen (secondary N) is 3. The predicted octanol–water partition coefficient (Wildman–Crippen LogP) is 6.01. The number of aromatic nitrogens is 1. The number of rotatable bonds is 10. The van der Waals surface area contributed by atoms with Crippen molar-refractivity contribution in [2.75, 3.05) is 31.0 Å². The Labute approximate surface area is 245 Å². The van der Waals surface area contributed by atoms with Gasteiger partial charge in [-0.05, 0) is 66.3 Å². The number of hydrazine groups is 1. The maximum absolute atomic E-state index is 13.9. The maximum atomic E-state index is 13.9. The van der Waals surface area contributed by atoms with Gasteiger partial charge in [0.25, 0.3) is 5.91 Å². The second kappa shape index (κ2) is 13.3. The molecule has 0 atom stereocenters. The molecule has 2 aromatic carbocycles. The predicted molar refractivity (Wildman–Crippen MR) is 161 cm³/mol. The van der Waals surface area contributed by atoms with Gasteiger partial charge in [-0.15, -0.1) is 0 Å². The smallest absolute Gasteiger partial charge is 0.416 e. The number of hydrogen-bond donors (Lipinski definition) is 4. The zero-order valence-electron chi connectivity index (χ0n) is 25.0.